The Morgan fingerprint density at radius 3 is 2.46 bits per heavy atom. The Kier molecular flexibility index (Phi) is 8.66. The maximum absolute atomic E-state index is 13.9. The summed E-state index contributed by atoms with van der Waals surface area (Å²) in [6.45, 7) is 5.97. The van der Waals surface area contributed by atoms with Crippen LogP contribution in [-0.2, 0) is 10.2 Å². The van der Waals surface area contributed by atoms with E-state index in [-0.39, 0.29) is 35.3 Å². The fourth-order valence-electron chi connectivity index (χ4n) is 7.19. The van der Waals surface area contributed by atoms with Gasteiger partial charge in [-0.05, 0) is 79.9 Å². The summed E-state index contributed by atoms with van der Waals surface area (Å²) in [5.41, 5.74) is 1.73. The minimum atomic E-state index is -0.299. The minimum absolute atomic E-state index is 0.0201. The molecule has 1 aromatic carbocycles. The quantitative estimate of drug-likeness (QED) is 0.396. The lowest BCUT2D eigenvalue weighted by Gasteiger charge is -2.50. The molecule has 1 spiro atoms. The number of carbonyl (C=O) groups is 3. The van der Waals surface area contributed by atoms with E-state index >= 15 is 0 Å². The van der Waals surface area contributed by atoms with Crippen molar-refractivity contribution in [1.29, 1.82) is 0 Å². The third-order valence-electron chi connectivity index (χ3n) is 10.0. The SMILES string of the molecule is CCC(C)CC1(c2ccccc2)CCC2(CC1)CN(CC(=O)Nc1cc(C(=O)NC)ccn1)C(=O)N2CC1CCC1. The molecule has 1 unspecified atom stereocenters. The van der Waals surface area contributed by atoms with Gasteiger partial charge in [0.2, 0.25) is 5.91 Å². The van der Waals surface area contributed by atoms with Gasteiger partial charge >= 0.3 is 6.03 Å². The first-order valence-electron chi connectivity index (χ1n) is 15.4. The minimum Gasteiger partial charge on any atom is -0.355 e. The van der Waals surface area contributed by atoms with Gasteiger partial charge in [0.05, 0.1) is 5.54 Å². The number of urea groups is 1. The lowest BCUT2D eigenvalue weighted by molar-refractivity contribution is -0.116. The predicted octanol–water partition coefficient (Wildman–Crippen LogP) is 5.60. The normalized spacial score (nSPS) is 25.2. The van der Waals surface area contributed by atoms with Gasteiger partial charge in [-0.25, -0.2) is 9.78 Å². The van der Waals surface area contributed by atoms with Gasteiger partial charge in [0, 0.05) is 31.9 Å². The van der Waals surface area contributed by atoms with Crippen LogP contribution < -0.4 is 10.6 Å². The van der Waals surface area contributed by atoms with E-state index in [9.17, 15) is 14.4 Å². The molecule has 0 radical (unpaired) electrons. The Morgan fingerprint density at radius 2 is 1.83 bits per heavy atom. The molecule has 4 amide bonds. The van der Waals surface area contributed by atoms with Crippen molar-refractivity contribution in [3.8, 4) is 0 Å². The predicted molar refractivity (Wildman–Crippen MR) is 161 cm³/mol. The van der Waals surface area contributed by atoms with Crippen molar-refractivity contribution in [2.75, 3.05) is 32.0 Å². The van der Waals surface area contributed by atoms with Crippen LogP contribution in [0.5, 0.6) is 0 Å². The van der Waals surface area contributed by atoms with Gasteiger partial charge in [0.1, 0.15) is 12.4 Å². The van der Waals surface area contributed by atoms with E-state index in [1.54, 1.807) is 24.1 Å². The topological polar surface area (TPSA) is 94.6 Å². The molecule has 1 aromatic heterocycles. The summed E-state index contributed by atoms with van der Waals surface area (Å²) in [5.74, 6) is 0.952. The second-order valence-electron chi connectivity index (χ2n) is 12.7. The van der Waals surface area contributed by atoms with Crippen molar-refractivity contribution >= 4 is 23.7 Å². The molecule has 8 heteroatoms. The summed E-state index contributed by atoms with van der Waals surface area (Å²) in [4.78, 5) is 47.1. The molecule has 2 aliphatic carbocycles. The second-order valence-corrected chi connectivity index (χ2v) is 12.7. The highest BCUT2D eigenvalue weighted by molar-refractivity contribution is 5.97. The van der Waals surface area contributed by atoms with Crippen molar-refractivity contribution in [1.82, 2.24) is 20.1 Å². The number of benzene rings is 1. The smallest absolute Gasteiger partial charge is 0.321 e. The number of anilines is 1. The Balaban J connectivity index is 1.33. The maximum Gasteiger partial charge on any atom is 0.321 e. The van der Waals surface area contributed by atoms with E-state index in [0.29, 0.717) is 29.8 Å². The van der Waals surface area contributed by atoms with Crippen LogP contribution in [0.25, 0.3) is 0 Å². The average Bonchev–Trinajstić information content (AvgIpc) is 3.21. The highest BCUT2D eigenvalue weighted by Gasteiger charge is 2.54. The van der Waals surface area contributed by atoms with Crippen LogP contribution in [0.2, 0.25) is 0 Å². The molecule has 5 rings (SSSR count). The van der Waals surface area contributed by atoms with Crippen LogP contribution in [0.15, 0.2) is 48.7 Å². The molecule has 41 heavy (non-hydrogen) atoms. The molecular weight excluding hydrogens is 514 g/mol. The zero-order valence-electron chi connectivity index (χ0n) is 24.8. The number of nitrogens with zero attached hydrogens (tertiary/aromatic N) is 3. The Hall–Kier alpha value is -3.42. The lowest BCUT2D eigenvalue weighted by Crippen LogP contribution is -2.54. The number of carbonyl (C=O) groups excluding carboxylic acids is 3. The van der Waals surface area contributed by atoms with E-state index < -0.39 is 0 Å². The van der Waals surface area contributed by atoms with Crippen molar-refractivity contribution in [2.24, 2.45) is 11.8 Å². The van der Waals surface area contributed by atoms with E-state index in [0.717, 1.165) is 45.1 Å². The van der Waals surface area contributed by atoms with Crippen molar-refractivity contribution < 1.29 is 14.4 Å². The van der Waals surface area contributed by atoms with Gasteiger partial charge in [-0.3, -0.25) is 9.59 Å². The van der Waals surface area contributed by atoms with Crippen molar-refractivity contribution in [3.63, 3.8) is 0 Å². The first-order valence-corrected chi connectivity index (χ1v) is 15.4. The first kappa shape index (κ1) is 29.1. The fraction of sp³-hybridized carbons (Fsp3) is 0.576. The van der Waals surface area contributed by atoms with Gasteiger partial charge in [0.15, 0.2) is 0 Å². The van der Waals surface area contributed by atoms with Crippen LogP contribution in [0, 0.1) is 11.8 Å². The highest BCUT2D eigenvalue weighted by Crippen LogP contribution is 2.51. The Morgan fingerprint density at radius 1 is 1.10 bits per heavy atom. The van der Waals surface area contributed by atoms with Gasteiger partial charge in [-0.2, -0.15) is 0 Å². The summed E-state index contributed by atoms with van der Waals surface area (Å²) in [6, 6.07) is 14.1. The van der Waals surface area contributed by atoms with E-state index in [2.05, 4.69) is 64.7 Å². The van der Waals surface area contributed by atoms with E-state index in [1.807, 2.05) is 0 Å². The van der Waals surface area contributed by atoms with Gasteiger partial charge in [-0.1, -0.05) is 57.0 Å². The molecule has 3 fully saturated rings. The number of amides is 4. The third-order valence-corrected chi connectivity index (χ3v) is 10.0. The monoisotopic (exact) mass is 559 g/mol. The third kappa shape index (κ3) is 6.11. The summed E-state index contributed by atoms with van der Waals surface area (Å²) >= 11 is 0. The molecule has 2 N–H and O–H groups in total. The van der Waals surface area contributed by atoms with Crippen LogP contribution >= 0.6 is 0 Å². The largest absolute Gasteiger partial charge is 0.355 e. The fourth-order valence-corrected chi connectivity index (χ4v) is 7.19. The number of aromatic nitrogens is 1. The second kappa shape index (κ2) is 12.2. The van der Waals surface area contributed by atoms with Crippen molar-refractivity contribution in [3.05, 3.63) is 59.8 Å². The number of rotatable bonds is 10. The summed E-state index contributed by atoms with van der Waals surface area (Å²) < 4.78 is 0. The summed E-state index contributed by atoms with van der Waals surface area (Å²) in [5, 5.41) is 5.38. The molecule has 220 valence electrons. The molecule has 1 atom stereocenters. The van der Waals surface area contributed by atoms with Crippen LogP contribution in [0.3, 0.4) is 0 Å². The van der Waals surface area contributed by atoms with E-state index in [4.69, 9.17) is 0 Å². The van der Waals surface area contributed by atoms with E-state index in [1.165, 1.54) is 31.0 Å². The van der Waals surface area contributed by atoms with Crippen molar-refractivity contribution in [2.45, 2.75) is 82.6 Å². The lowest BCUT2D eigenvalue weighted by atomic mass is 9.60. The van der Waals surface area contributed by atoms with Gasteiger partial charge < -0.3 is 20.4 Å². The molecule has 2 heterocycles. The number of nitrogens with one attached hydrogen (secondary N) is 2. The molecule has 1 saturated heterocycles. The summed E-state index contributed by atoms with van der Waals surface area (Å²) in [6.07, 6.45) is 11.4. The van der Waals surface area contributed by atoms with Crippen LogP contribution in [-0.4, -0.2) is 64.9 Å². The maximum atomic E-state index is 13.9. The molecule has 2 aromatic rings. The van der Waals surface area contributed by atoms with Crippen LogP contribution in [0.4, 0.5) is 10.6 Å². The number of pyridine rings is 1. The molecule has 1 aliphatic heterocycles. The molecule has 3 aliphatic rings. The number of hydrogen-bond donors (Lipinski definition) is 2. The number of hydrogen-bond acceptors (Lipinski definition) is 4. The zero-order valence-corrected chi connectivity index (χ0v) is 24.8. The van der Waals surface area contributed by atoms with Gasteiger partial charge in [0.25, 0.3) is 5.91 Å². The molecular formula is C33H45N5O3. The Labute approximate surface area is 244 Å². The molecule has 8 nitrogen and oxygen atoms in total. The average molecular weight is 560 g/mol. The first-order chi connectivity index (χ1) is 19.8. The zero-order chi connectivity index (χ0) is 29.0. The standard InChI is InChI=1S/C33H45N5O3/c1-4-24(2)20-32(27-11-6-5-7-12-27)14-16-33(17-15-32)23-37(31(41)38(33)21-25-9-8-10-25)22-29(39)36-28-19-26(13-18-35-28)30(40)34-3/h5-7,11-13,18-19,24-25H,4,8-10,14-17,20-23H2,1-3H3,(H,34,40)(H,35,36,39). The van der Waals surface area contributed by atoms with Crippen LogP contribution in [0.1, 0.15) is 87.6 Å². The molecule has 2 saturated carbocycles. The Bertz CT molecular complexity index is 1240. The molecule has 0 bridgehead atoms. The summed E-state index contributed by atoms with van der Waals surface area (Å²) in [7, 11) is 1.56. The highest BCUT2D eigenvalue weighted by atomic mass is 16.2. The van der Waals surface area contributed by atoms with Gasteiger partial charge in [-0.15, -0.1) is 0 Å².